The summed E-state index contributed by atoms with van der Waals surface area (Å²) in [5, 5.41) is 2.96. The summed E-state index contributed by atoms with van der Waals surface area (Å²) in [6.45, 7) is 5.97. The molecule has 1 aromatic heterocycles. The van der Waals surface area contributed by atoms with Crippen LogP contribution in [0.4, 0.5) is 0 Å². The monoisotopic (exact) mass is 363 g/mol. The number of hydrogen-bond donors (Lipinski definition) is 1. The summed E-state index contributed by atoms with van der Waals surface area (Å²) in [6.07, 6.45) is 4.99. The summed E-state index contributed by atoms with van der Waals surface area (Å²) in [5.74, 6) is 0.229. The number of aromatic nitrogens is 1. The van der Waals surface area contributed by atoms with E-state index in [4.69, 9.17) is 9.72 Å². The average Bonchev–Trinajstić information content (AvgIpc) is 2.69. The van der Waals surface area contributed by atoms with Crippen LogP contribution in [0.25, 0.3) is 5.70 Å². The zero-order chi connectivity index (χ0) is 18.6. The Kier molecular flexibility index (Phi) is 5.32. The van der Waals surface area contributed by atoms with Gasteiger partial charge in [0.2, 0.25) is 5.91 Å². The number of fused-ring (bicyclic) bond motifs is 1. The fraction of sp³-hybridized carbons (Fsp3) is 0.364. The first kappa shape index (κ1) is 17.9. The molecule has 2 heterocycles. The van der Waals surface area contributed by atoms with E-state index in [2.05, 4.69) is 46.6 Å². The van der Waals surface area contributed by atoms with Crippen molar-refractivity contribution >= 4 is 11.6 Å². The normalized spacial score (nSPS) is 19.9. The highest BCUT2D eigenvalue weighted by Crippen LogP contribution is 2.37. The number of nitrogens with zero attached hydrogens (tertiary/aromatic N) is 2. The fourth-order valence-corrected chi connectivity index (χ4v) is 3.87. The van der Waals surface area contributed by atoms with Crippen LogP contribution in [0.1, 0.15) is 41.6 Å². The molecule has 0 bridgehead atoms. The third-order valence-corrected chi connectivity index (χ3v) is 5.23. The van der Waals surface area contributed by atoms with Crippen LogP contribution in [0.15, 0.2) is 48.7 Å². The molecule has 1 aliphatic heterocycles. The molecule has 0 saturated carbocycles. The predicted octanol–water partition coefficient (Wildman–Crippen LogP) is 2.93. The van der Waals surface area contributed by atoms with Gasteiger partial charge in [0.15, 0.2) is 0 Å². The van der Waals surface area contributed by atoms with E-state index in [9.17, 15) is 4.79 Å². The van der Waals surface area contributed by atoms with E-state index < -0.39 is 0 Å². The highest BCUT2D eigenvalue weighted by Gasteiger charge is 2.23. The van der Waals surface area contributed by atoms with E-state index in [1.807, 2.05) is 12.3 Å². The van der Waals surface area contributed by atoms with Crippen molar-refractivity contribution in [3.63, 3.8) is 0 Å². The van der Waals surface area contributed by atoms with Crippen molar-refractivity contribution < 1.29 is 9.53 Å². The number of benzene rings is 1. The number of carbonyl (C=O) groups is 1. The van der Waals surface area contributed by atoms with E-state index >= 15 is 0 Å². The summed E-state index contributed by atoms with van der Waals surface area (Å²) in [5.41, 5.74) is 5.56. The second kappa shape index (κ2) is 8.03. The zero-order valence-corrected chi connectivity index (χ0v) is 15.6. The molecule has 4 rings (SSSR count). The van der Waals surface area contributed by atoms with Crippen molar-refractivity contribution in [2.24, 2.45) is 0 Å². The molecule has 1 atom stereocenters. The number of morpholine rings is 1. The van der Waals surface area contributed by atoms with Crippen LogP contribution < -0.4 is 5.32 Å². The van der Waals surface area contributed by atoms with Gasteiger partial charge < -0.3 is 10.1 Å². The standard InChI is InChI=1S/C22H25N3O2/c1-16(26)24-22-9-8-19(20-4-2-3-5-21(20)22)17-6-7-18(23-14-17)15-25-10-12-27-13-11-25/h2-7,9,14,19H,8,10-13,15H2,1H3,(H,24,26). The molecule has 27 heavy (non-hydrogen) atoms. The Balaban J connectivity index is 1.53. The number of nitrogens with one attached hydrogen (secondary N) is 1. The first-order valence-corrected chi connectivity index (χ1v) is 9.52. The lowest BCUT2D eigenvalue weighted by Crippen LogP contribution is -2.35. The molecule has 1 fully saturated rings. The number of allylic oxidation sites excluding steroid dienone is 1. The van der Waals surface area contributed by atoms with E-state index in [1.165, 1.54) is 11.1 Å². The highest BCUT2D eigenvalue weighted by molar-refractivity contribution is 5.86. The maximum absolute atomic E-state index is 11.5. The summed E-state index contributed by atoms with van der Waals surface area (Å²) in [4.78, 5) is 18.6. The number of pyridine rings is 1. The smallest absolute Gasteiger partial charge is 0.221 e. The van der Waals surface area contributed by atoms with Gasteiger partial charge in [-0.25, -0.2) is 0 Å². The van der Waals surface area contributed by atoms with Crippen molar-refractivity contribution in [2.75, 3.05) is 26.3 Å². The first-order chi connectivity index (χ1) is 13.2. The van der Waals surface area contributed by atoms with Gasteiger partial charge in [0.1, 0.15) is 0 Å². The zero-order valence-electron chi connectivity index (χ0n) is 15.6. The SMILES string of the molecule is CC(=O)NC1=CCC(c2ccc(CN3CCOCC3)nc2)c2ccccc21. The maximum Gasteiger partial charge on any atom is 0.221 e. The van der Waals surface area contributed by atoms with E-state index in [-0.39, 0.29) is 11.8 Å². The number of hydrogen-bond acceptors (Lipinski definition) is 4. The Hall–Kier alpha value is -2.50. The van der Waals surface area contributed by atoms with E-state index in [1.54, 1.807) is 6.92 Å². The Bertz CT molecular complexity index is 839. The fourth-order valence-electron chi connectivity index (χ4n) is 3.87. The van der Waals surface area contributed by atoms with Crippen molar-refractivity contribution in [3.8, 4) is 0 Å². The molecule has 1 N–H and O–H groups in total. The van der Waals surface area contributed by atoms with Gasteiger partial charge in [-0.1, -0.05) is 36.4 Å². The van der Waals surface area contributed by atoms with Gasteiger partial charge in [-0.15, -0.1) is 0 Å². The van der Waals surface area contributed by atoms with Crippen molar-refractivity contribution in [3.05, 3.63) is 71.1 Å². The molecular formula is C22H25N3O2. The van der Waals surface area contributed by atoms with Crippen LogP contribution in [0.5, 0.6) is 0 Å². The summed E-state index contributed by atoms with van der Waals surface area (Å²) in [7, 11) is 0. The van der Waals surface area contributed by atoms with Crippen LogP contribution >= 0.6 is 0 Å². The van der Waals surface area contributed by atoms with Crippen LogP contribution in [0.3, 0.4) is 0 Å². The average molecular weight is 363 g/mol. The Morgan fingerprint density at radius 2 is 2.04 bits per heavy atom. The molecule has 1 aromatic carbocycles. The number of ether oxygens (including phenoxy) is 1. The molecule has 1 saturated heterocycles. The van der Waals surface area contributed by atoms with Gasteiger partial charge in [-0.05, 0) is 23.6 Å². The molecule has 1 unspecified atom stereocenters. The minimum absolute atomic E-state index is 0.0383. The second-order valence-electron chi connectivity index (χ2n) is 7.15. The Labute approximate surface area is 160 Å². The Morgan fingerprint density at radius 1 is 1.22 bits per heavy atom. The van der Waals surface area contributed by atoms with Crippen molar-refractivity contribution in [1.29, 1.82) is 0 Å². The van der Waals surface area contributed by atoms with Gasteiger partial charge in [0.25, 0.3) is 0 Å². The van der Waals surface area contributed by atoms with Gasteiger partial charge >= 0.3 is 0 Å². The topological polar surface area (TPSA) is 54.5 Å². The lowest BCUT2D eigenvalue weighted by molar-refractivity contribution is -0.117. The lowest BCUT2D eigenvalue weighted by atomic mass is 9.81. The number of rotatable bonds is 4. The molecule has 5 heteroatoms. The van der Waals surface area contributed by atoms with Gasteiger partial charge in [0.05, 0.1) is 18.9 Å². The molecule has 140 valence electrons. The molecule has 5 nitrogen and oxygen atoms in total. The molecule has 0 radical (unpaired) electrons. The van der Waals surface area contributed by atoms with Gasteiger partial charge in [-0.3, -0.25) is 14.7 Å². The summed E-state index contributed by atoms with van der Waals surface area (Å²) >= 11 is 0. The van der Waals surface area contributed by atoms with Crippen LogP contribution in [0, 0.1) is 0 Å². The highest BCUT2D eigenvalue weighted by atomic mass is 16.5. The molecule has 2 aromatic rings. The van der Waals surface area contributed by atoms with Crippen molar-refractivity contribution in [1.82, 2.24) is 15.2 Å². The van der Waals surface area contributed by atoms with Crippen LogP contribution in [-0.4, -0.2) is 42.1 Å². The van der Waals surface area contributed by atoms with Gasteiger partial charge in [-0.2, -0.15) is 0 Å². The predicted molar refractivity (Wildman–Crippen MR) is 105 cm³/mol. The van der Waals surface area contributed by atoms with Crippen LogP contribution in [0.2, 0.25) is 0 Å². The van der Waals surface area contributed by atoms with E-state index in [0.717, 1.165) is 56.2 Å². The lowest BCUT2D eigenvalue weighted by Gasteiger charge is -2.27. The summed E-state index contributed by atoms with van der Waals surface area (Å²) in [6, 6.07) is 12.6. The quantitative estimate of drug-likeness (QED) is 0.907. The minimum atomic E-state index is -0.0383. The second-order valence-corrected chi connectivity index (χ2v) is 7.15. The maximum atomic E-state index is 11.5. The molecule has 1 amide bonds. The third kappa shape index (κ3) is 4.10. The van der Waals surface area contributed by atoms with Crippen LogP contribution in [-0.2, 0) is 16.1 Å². The molecule has 0 spiro atoms. The molecule has 1 aliphatic carbocycles. The Morgan fingerprint density at radius 3 is 2.78 bits per heavy atom. The third-order valence-electron chi connectivity index (χ3n) is 5.23. The number of carbonyl (C=O) groups excluding carboxylic acids is 1. The minimum Gasteiger partial charge on any atom is -0.379 e. The number of amides is 1. The largest absolute Gasteiger partial charge is 0.379 e. The molecule has 2 aliphatic rings. The van der Waals surface area contributed by atoms with Gasteiger partial charge in [0, 0.05) is 49.9 Å². The first-order valence-electron chi connectivity index (χ1n) is 9.52. The van der Waals surface area contributed by atoms with Crippen molar-refractivity contribution in [2.45, 2.75) is 25.8 Å². The molecular weight excluding hydrogens is 338 g/mol. The summed E-state index contributed by atoms with van der Waals surface area (Å²) < 4.78 is 5.41. The van der Waals surface area contributed by atoms with E-state index in [0.29, 0.717) is 0 Å².